The molecule has 9 rings (SSSR count). The highest BCUT2D eigenvalue weighted by Crippen LogP contribution is 2.51. The number of rotatable bonds is 7. The fourth-order valence-electron chi connectivity index (χ4n) is 10.2. The molecular formula is C60H63N. The fraction of sp³-hybridized carbons (Fsp3) is 0.300. The Kier molecular flexibility index (Phi) is 10.5. The van der Waals surface area contributed by atoms with Gasteiger partial charge in [0.15, 0.2) is 0 Å². The Hall–Kier alpha value is -5.66. The number of benzene rings is 7. The van der Waals surface area contributed by atoms with Gasteiger partial charge in [0.25, 0.3) is 0 Å². The van der Waals surface area contributed by atoms with Gasteiger partial charge in [0.1, 0.15) is 0 Å². The van der Waals surface area contributed by atoms with Gasteiger partial charge < -0.3 is 4.90 Å². The van der Waals surface area contributed by atoms with E-state index >= 15 is 0 Å². The lowest BCUT2D eigenvalue weighted by Crippen LogP contribution is -2.16. The quantitative estimate of drug-likeness (QED) is 0.155. The summed E-state index contributed by atoms with van der Waals surface area (Å²) in [6.45, 7) is 20.9. The monoisotopic (exact) mass is 797 g/mol. The third kappa shape index (κ3) is 7.78. The summed E-state index contributed by atoms with van der Waals surface area (Å²) in [5.41, 5.74) is 22.0. The van der Waals surface area contributed by atoms with Crippen LogP contribution in [0.15, 0.2) is 152 Å². The molecule has 1 nitrogen and oxygen atoms in total. The average Bonchev–Trinajstić information content (AvgIpc) is 3.49. The molecule has 7 aromatic rings. The van der Waals surface area contributed by atoms with Gasteiger partial charge in [0.05, 0.1) is 0 Å². The van der Waals surface area contributed by atoms with Crippen LogP contribution in [0.4, 0.5) is 17.1 Å². The van der Waals surface area contributed by atoms with Gasteiger partial charge in [0, 0.05) is 22.5 Å². The Bertz CT molecular complexity index is 2670. The summed E-state index contributed by atoms with van der Waals surface area (Å²) in [4.78, 5) is 2.46. The lowest BCUT2D eigenvalue weighted by molar-refractivity contribution is 0.443. The van der Waals surface area contributed by atoms with E-state index in [0.29, 0.717) is 5.92 Å². The third-order valence-corrected chi connectivity index (χ3v) is 14.0. The molecule has 0 aliphatic heterocycles. The van der Waals surface area contributed by atoms with Crippen molar-refractivity contribution in [3.05, 3.63) is 185 Å². The standard InChI is InChI=1S/C60H63N/c1-40-52(44-27-25-42(26-28-44)41-17-11-10-12-18-41)22-16-23-53(40)45-19-15-20-50(37-45)61(51-33-34-55-54-21-13-14-24-56(54)60(8,9)57(55)39-51)49-31-29-43(30-32-49)46-35-47(58(2,3)4)38-48(36-46)59(5,6)7/h13-16,19-39,41H,10-12,17-18H2,1-9H3. The number of nitrogens with zero attached hydrogens (tertiary/aromatic N) is 1. The zero-order valence-corrected chi connectivity index (χ0v) is 38.0. The van der Waals surface area contributed by atoms with Gasteiger partial charge in [-0.05, 0) is 151 Å². The molecule has 0 heterocycles. The van der Waals surface area contributed by atoms with E-state index in [0.717, 1.165) is 17.1 Å². The Balaban J connectivity index is 1.13. The molecule has 1 heteroatoms. The molecule has 1 fully saturated rings. The van der Waals surface area contributed by atoms with E-state index in [4.69, 9.17) is 0 Å². The maximum absolute atomic E-state index is 2.46. The van der Waals surface area contributed by atoms with Gasteiger partial charge in [-0.2, -0.15) is 0 Å². The van der Waals surface area contributed by atoms with Crippen LogP contribution in [0.1, 0.15) is 127 Å². The first-order chi connectivity index (χ1) is 29.2. The van der Waals surface area contributed by atoms with Crippen LogP contribution in [-0.2, 0) is 16.2 Å². The van der Waals surface area contributed by atoms with Crippen LogP contribution >= 0.6 is 0 Å². The highest BCUT2D eigenvalue weighted by molar-refractivity contribution is 5.88. The normalized spacial score (nSPS) is 15.0. The summed E-state index contributed by atoms with van der Waals surface area (Å²) in [6.07, 6.45) is 6.76. The molecule has 0 amide bonds. The van der Waals surface area contributed by atoms with Crippen LogP contribution in [0.2, 0.25) is 0 Å². The second-order valence-electron chi connectivity index (χ2n) is 20.6. The van der Waals surface area contributed by atoms with Crippen molar-refractivity contribution in [3.8, 4) is 44.5 Å². The van der Waals surface area contributed by atoms with Crippen molar-refractivity contribution in [1.29, 1.82) is 0 Å². The molecule has 0 atom stereocenters. The third-order valence-electron chi connectivity index (χ3n) is 14.0. The minimum absolute atomic E-state index is 0.0514. The minimum Gasteiger partial charge on any atom is -0.310 e. The van der Waals surface area contributed by atoms with Gasteiger partial charge >= 0.3 is 0 Å². The molecule has 0 unspecified atom stereocenters. The van der Waals surface area contributed by atoms with E-state index in [1.807, 2.05) is 0 Å². The first-order valence-corrected chi connectivity index (χ1v) is 22.8. The van der Waals surface area contributed by atoms with Crippen LogP contribution < -0.4 is 4.90 Å². The molecule has 0 radical (unpaired) electrons. The van der Waals surface area contributed by atoms with Gasteiger partial charge in [-0.3, -0.25) is 0 Å². The van der Waals surface area contributed by atoms with E-state index in [2.05, 4.69) is 219 Å². The van der Waals surface area contributed by atoms with Crippen LogP contribution in [0, 0.1) is 6.92 Å². The van der Waals surface area contributed by atoms with Gasteiger partial charge in [-0.25, -0.2) is 0 Å². The number of anilines is 3. The predicted octanol–water partition coefficient (Wildman–Crippen LogP) is 17.4. The first-order valence-electron chi connectivity index (χ1n) is 22.8. The summed E-state index contributed by atoms with van der Waals surface area (Å²) in [5.74, 6) is 0.713. The molecule has 2 aliphatic carbocycles. The number of hydrogen-bond acceptors (Lipinski definition) is 1. The molecular weight excluding hydrogens is 735 g/mol. The van der Waals surface area contributed by atoms with Crippen molar-refractivity contribution in [2.75, 3.05) is 4.90 Å². The summed E-state index contributed by atoms with van der Waals surface area (Å²) in [6, 6.07) is 58.0. The first kappa shape index (κ1) is 40.7. The second kappa shape index (κ2) is 15.7. The highest BCUT2D eigenvalue weighted by Gasteiger charge is 2.36. The summed E-state index contributed by atoms with van der Waals surface area (Å²) >= 11 is 0. The summed E-state index contributed by atoms with van der Waals surface area (Å²) in [5, 5.41) is 0. The molecule has 0 bridgehead atoms. The molecule has 2 aliphatic rings. The van der Waals surface area contributed by atoms with Crippen molar-refractivity contribution in [1.82, 2.24) is 0 Å². The van der Waals surface area contributed by atoms with E-state index in [9.17, 15) is 0 Å². The maximum atomic E-state index is 2.46. The molecule has 0 aromatic heterocycles. The lowest BCUT2D eigenvalue weighted by Gasteiger charge is -2.29. The SMILES string of the molecule is Cc1c(-c2ccc(C3CCCCC3)cc2)cccc1-c1cccc(N(c2ccc(-c3cc(C(C)(C)C)cc(C(C)(C)C)c3)cc2)c2ccc3c(c2)C(C)(C)c2ccccc2-3)c1. The van der Waals surface area contributed by atoms with Crippen molar-refractivity contribution in [3.63, 3.8) is 0 Å². The molecule has 61 heavy (non-hydrogen) atoms. The zero-order chi connectivity index (χ0) is 42.7. The lowest BCUT2D eigenvalue weighted by atomic mass is 9.79. The topological polar surface area (TPSA) is 3.24 Å². The maximum Gasteiger partial charge on any atom is 0.0467 e. The highest BCUT2D eigenvalue weighted by atomic mass is 15.1. The molecule has 0 saturated heterocycles. The van der Waals surface area contributed by atoms with Crippen LogP contribution in [-0.4, -0.2) is 0 Å². The van der Waals surface area contributed by atoms with Crippen molar-refractivity contribution < 1.29 is 0 Å². The minimum atomic E-state index is -0.103. The Morgan fingerprint density at radius 1 is 0.443 bits per heavy atom. The van der Waals surface area contributed by atoms with E-state index in [1.165, 1.54) is 110 Å². The van der Waals surface area contributed by atoms with Gasteiger partial charge in [-0.1, -0.05) is 190 Å². The van der Waals surface area contributed by atoms with Crippen molar-refractivity contribution in [2.24, 2.45) is 0 Å². The average molecular weight is 798 g/mol. The van der Waals surface area contributed by atoms with Gasteiger partial charge in [0.2, 0.25) is 0 Å². The molecule has 7 aromatic carbocycles. The largest absolute Gasteiger partial charge is 0.310 e. The van der Waals surface area contributed by atoms with Crippen LogP contribution in [0.25, 0.3) is 44.5 Å². The van der Waals surface area contributed by atoms with Crippen LogP contribution in [0.5, 0.6) is 0 Å². The fourth-order valence-corrected chi connectivity index (χ4v) is 10.2. The summed E-state index contributed by atoms with van der Waals surface area (Å²) < 4.78 is 0. The van der Waals surface area contributed by atoms with E-state index in [1.54, 1.807) is 0 Å². The van der Waals surface area contributed by atoms with Gasteiger partial charge in [-0.15, -0.1) is 0 Å². The molecule has 0 spiro atoms. The Morgan fingerprint density at radius 2 is 1.00 bits per heavy atom. The van der Waals surface area contributed by atoms with Crippen molar-refractivity contribution >= 4 is 17.1 Å². The van der Waals surface area contributed by atoms with Crippen molar-refractivity contribution in [2.45, 2.75) is 117 Å². The van der Waals surface area contributed by atoms with E-state index in [-0.39, 0.29) is 16.2 Å². The van der Waals surface area contributed by atoms with Crippen LogP contribution in [0.3, 0.4) is 0 Å². The second-order valence-corrected chi connectivity index (χ2v) is 20.6. The zero-order valence-electron chi connectivity index (χ0n) is 38.0. The molecule has 308 valence electrons. The Labute approximate surface area is 366 Å². The van der Waals surface area contributed by atoms with E-state index < -0.39 is 0 Å². The smallest absolute Gasteiger partial charge is 0.0467 e. The predicted molar refractivity (Wildman–Crippen MR) is 263 cm³/mol. The molecule has 1 saturated carbocycles. The number of fused-ring (bicyclic) bond motifs is 3. The summed E-state index contributed by atoms with van der Waals surface area (Å²) in [7, 11) is 0. The molecule has 0 N–H and O–H groups in total. The number of hydrogen-bond donors (Lipinski definition) is 0. The Morgan fingerprint density at radius 3 is 1.67 bits per heavy atom.